The Bertz CT molecular complexity index is 562. The third-order valence-electron chi connectivity index (χ3n) is 5.39. The molecule has 22 heavy (non-hydrogen) atoms. The van der Waals surface area contributed by atoms with Gasteiger partial charge in [0, 0.05) is 49.7 Å². The van der Waals surface area contributed by atoms with Crippen LogP contribution in [0, 0.1) is 5.92 Å². The molecule has 118 valence electrons. The molecule has 2 aliphatic heterocycles. The fourth-order valence-corrected chi connectivity index (χ4v) is 4.02. The van der Waals surface area contributed by atoms with Crippen LogP contribution >= 0.6 is 0 Å². The fraction of sp³-hybridized carbons (Fsp3) is 0.706. The summed E-state index contributed by atoms with van der Waals surface area (Å²) in [6, 6.07) is 0. The molecule has 1 aromatic heterocycles. The monoisotopic (exact) mass is 300 g/mol. The maximum Gasteiger partial charge on any atom is 0.225 e. The van der Waals surface area contributed by atoms with Crippen LogP contribution in [0.2, 0.25) is 0 Å². The van der Waals surface area contributed by atoms with Crippen molar-refractivity contribution in [3.63, 3.8) is 0 Å². The van der Waals surface area contributed by atoms with Crippen LogP contribution in [0.3, 0.4) is 0 Å². The summed E-state index contributed by atoms with van der Waals surface area (Å²) in [7, 11) is 0. The van der Waals surface area contributed by atoms with Gasteiger partial charge < -0.3 is 10.2 Å². The molecule has 1 atom stereocenters. The van der Waals surface area contributed by atoms with Gasteiger partial charge in [0.2, 0.25) is 5.91 Å². The van der Waals surface area contributed by atoms with Gasteiger partial charge in [-0.05, 0) is 25.8 Å². The van der Waals surface area contributed by atoms with Crippen LogP contribution in [-0.4, -0.2) is 40.4 Å². The molecule has 0 aromatic carbocycles. The second kappa shape index (κ2) is 5.95. The maximum absolute atomic E-state index is 12.6. The molecule has 1 aromatic rings. The van der Waals surface area contributed by atoms with E-state index in [1.165, 1.54) is 12.8 Å². The third-order valence-corrected chi connectivity index (χ3v) is 5.39. The molecule has 0 bridgehead atoms. The summed E-state index contributed by atoms with van der Waals surface area (Å²) < 4.78 is 0. The summed E-state index contributed by atoms with van der Waals surface area (Å²) >= 11 is 0. The molecule has 5 nitrogen and oxygen atoms in total. The number of rotatable bonds is 2. The van der Waals surface area contributed by atoms with E-state index in [1.54, 1.807) is 0 Å². The van der Waals surface area contributed by atoms with Gasteiger partial charge >= 0.3 is 0 Å². The standard InChI is InChI=1S/C17H24N4O/c22-17(12-3-1-2-4-12)21-8-6-15-14(11-21)10-19-16(20-15)13-5-7-18-9-13/h10,12-13,18H,1-9,11H2/t13-/m1/s1. The summed E-state index contributed by atoms with van der Waals surface area (Å²) in [5, 5.41) is 3.37. The first kappa shape index (κ1) is 14.1. The second-order valence-electron chi connectivity index (χ2n) is 6.88. The Kier molecular flexibility index (Phi) is 3.82. The molecule has 1 N–H and O–H groups in total. The highest BCUT2D eigenvalue weighted by molar-refractivity contribution is 5.79. The second-order valence-corrected chi connectivity index (χ2v) is 6.88. The van der Waals surface area contributed by atoms with E-state index in [0.29, 0.717) is 18.4 Å². The van der Waals surface area contributed by atoms with Gasteiger partial charge in [0.05, 0.1) is 5.69 Å². The summed E-state index contributed by atoms with van der Waals surface area (Å²) in [4.78, 5) is 24.0. The molecule has 0 spiro atoms. The first-order valence-electron chi connectivity index (χ1n) is 8.65. The van der Waals surface area contributed by atoms with Gasteiger partial charge in [-0.2, -0.15) is 0 Å². The van der Waals surface area contributed by atoms with Crippen molar-refractivity contribution >= 4 is 5.91 Å². The number of fused-ring (bicyclic) bond motifs is 1. The summed E-state index contributed by atoms with van der Waals surface area (Å²) in [6.45, 7) is 3.58. The molecule has 5 heteroatoms. The van der Waals surface area contributed by atoms with Crippen molar-refractivity contribution in [3.05, 3.63) is 23.3 Å². The largest absolute Gasteiger partial charge is 0.338 e. The highest BCUT2D eigenvalue weighted by Crippen LogP contribution is 2.29. The Morgan fingerprint density at radius 3 is 2.91 bits per heavy atom. The molecule has 1 saturated heterocycles. The minimum atomic E-state index is 0.270. The van der Waals surface area contributed by atoms with Crippen LogP contribution in [0.5, 0.6) is 0 Å². The Balaban J connectivity index is 1.48. The average molecular weight is 300 g/mol. The lowest BCUT2D eigenvalue weighted by molar-refractivity contribution is -0.136. The SMILES string of the molecule is O=C(C1CCCC1)N1CCc2nc([C@@H]3CCNC3)ncc2C1. The van der Waals surface area contributed by atoms with E-state index in [-0.39, 0.29) is 5.92 Å². The first-order valence-corrected chi connectivity index (χ1v) is 8.65. The van der Waals surface area contributed by atoms with Crippen molar-refractivity contribution in [1.29, 1.82) is 0 Å². The van der Waals surface area contributed by atoms with Crippen molar-refractivity contribution < 1.29 is 4.79 Å². The molecule has 2 fully saturated rings. The van der Waals surface area contributed by atoms with Crippen LogP contribution in [0.15, 0.2) is 6.20 Å². The summed E-state index contributed by atoms with van der Waals surface area (Å²) in [5.74, 6) is 2.07. The Morgan fingerprint density at radius 1 is 1.27 bits per heavy atom. The average Bonchev–Trinajstić information content (AvgIpc) is 3.26. The number of hydrogen-bond acceptors (Lipinski definition) is 4. The van der Waals surface area contributed by atoms with Gasteiger partial charge in [-0.3, -0.25) is 4.79 Å². The van der Waals surface area contributed by atoms with Gasteiger partial charge in [-0.1, -0.05) is 12.8 Å². The fourth-order valence-electron chi connectivity index (χ4n) is 4.02. The Morgan fingerprint density at radius 2 is 2.14 bits per heavy atom. The predicted molar refractivity (Wildman–Crippen MR) is 83.3 cm³/mol. The van der Waals surface area contributed by atoms with Crippen LogP contribution in [-0.2, 0) is 17.8 Å². The highest BCUT2D eigenvalue weighted by atomic mass is 16.2. The molecular formula is C17H24N4O. The third kappa shape index (κ3) is 2.62. The lowest BCUT2D eigenvalue weighted by Crippen LogP contribution is -2.39. The van der Waals surface area contributed by atoms with Crippen molar-refractivity contribution in [1.82, 2.24) is 20.2 Å². The Labute approximate surface area is 131 Å². The molecule has 3 heterocycles. The number of nitrogens with zero attached hydrogens (tertiary/aromatic N) is 3. The number of amides is 1. The minimum Gasteiger partial charge on any atom is -0.338 e. The quantitative estimate of drug-likeness (QED) is 0.902. The molecule has 1 saturated carbocycles. The van der Waals surface area contributed by atoms with Gasteiger partial charge in [0.25, 0.3) is 0 Å². The molecule has 3 aliphatic rings. The smallest absolute Gasteiger partial charge is 0.225 e. The normalized spacial score (nSPS) is 25.5. The van der Waals surface area contributed by atoms with Gasteiger partial charge in [-0.25, -0.2) is 9.97 Å². The number of hydrogen-bond donors (Lipinski definition) is 1. The molecular weight excluding hydrogens is 276 g/mol. The van der Waals surface area contributed by atoms with Crippen molar-refractivity contribution in [2.75, 3.05) is 19.6 Å². The lowest BCUT2D eigenvalue weighted by Gasteiger charge is -2.30. The van der Waals surface area contributed by atoms with Crippen LogP contribution in [0.25, 0.3) is 0 Å². The lowest BCUT2D eigenvalue weighted by atomic mass is 10.0. The van der Waals surface area contributed by atoms with E-state index in [2.05, 4.69) is 10.3 Å². The minimum absolute atomic E-state index is 0.270. The molecule has 1 amide bonds. The Hall–Kier alpha value is -1.49. The van der Waals surface area contributed by atoms with Crippen LogP contribution in [0.4, 0.5) is 0 Å². The molecule has 0 unspecified atom stereocenters. The van der Waals surface area contributed by atoms with Crippen LogP contribution < -0.4 is 5.32 Å². The summed E-state index contributed by atoms with van der Waals surface area (Å²) in [5.41, 5.74) is 2.31. The van der Waals surface area contributed by atoms with Crippen LogP contribution in [0.1, 0.15) is 55.1 Å². The van der Waals surface area contributed by atoms with E-state index in [1.807, 2.05) is 11.1 Å². The van der Waals surface area contributed by atoms with E-state index in [9.17, 15) is 4.79 Å². The maximum atomic E-state index is 12.6. The van der Waals surface area contributed by atoms with Crippen molar-refractivity contribution in [3.8, 4) is 0 Å². The number of carbonyl (C=O) groups is 1. The predicted octanol–water partition coefficient (Wildman–Crippen LogP) is 1.63. The first-order chi connectivity index (χ1) is 10.8. The summed E-state index contributed by atoms with van der Waals surface area (Å²) in [6.07, 6.45) is 8.54. The van der Waals surface area contributed by atoms with E-state index >= 15 is 0 Å². The van der Waals surface area contributed by atoms with Crippen molar-refractivity contribution in [2.24, 2.45) is 5.92 Å². The zero-order valence-electron chi connectivity index (χ0n) is 13.1. The number of nitrogens with one attached hydrogen (secondary N) is 1. The van der Waals surface area contributed by atoms with Crippen molar-refractivity contribution in [2.45, 2.75) is 51.0 Å². The van der Waals surface area contributed by atoms with E-state index in [4.69, 9.17) is 4.98 Å². The molecule has 0 radical (unpaired) electrons. The van der Waals surface area contributed by atoms with E-state index < -0.39 is 0 Å². The topological polar surface area (TPSA) is 58.1 Å². The molecule has 4 rings (SSSR count). The van der Waals surface area contributed by atoms with Gasteiger partial charge in [0.1, 0.15) is 5.82 Å². The zero-order chi connectivity index (χ0) is 14.9. The van der Waals surface area contributed by atoms with E-state index in [0.717, 1.165) is 62.4 Å². The zero-order valence-corrected chi connectivity index (χ0v) is 13.1. The highest BCUT2D eigenvalue weighted by Gasteiger charge is 2.30. The number of carbonyl (C=O) groups excluding carboxylic acids is 1. The molecule has 1 aliphatic carbocycles. The van der Waals surface area contributed by atoms with Gasteiger partial charge in [0.15, 0.2) is 0 Å². The number of aromatic nitrogens is 2. The van der Waals surface area contributed by atoms with Gasteiger partial charge in [-0.15, -0.1) is 0 Å².